The summed E-state index contributed by atoms with van der Waals surface area (Å²) in [7, 11) is 0. The molecule has 1 fully saturated rings. The molecule has 1 unspecified atom stereocenters. The first kappa shape index (κ1) is 21.3. The number of hydrogen-bond acceptors (Lipinski definition) is 1. The fourth-order valence-electron chi connectivity index (χ4n) is 5.42. The standard InChI is InChI=1S/C27H34F2O/c1-3-13-30-24-12-11-20-14-22(10-9-21(20)15-24)27-25(28)16-23(17-26(27)29)19-7-5-18(4-2)6-8-19/h11-12,15-19,22H,3-10,13-14H2,1-2H3. The molecule has 3 heteroatoms. The zero-order chi connectivity index (χ0) is 21.1. The topological polar surface area (TPSA) is 9.23 Å². The van der Waals surface area contributed by atoms with Crippen LogP contribution in [0.5, 0.6) is 5.75 Å². The Morgan fingerprint density at radius 1 is 0.867 bits per heavy atom. The van der Waals surface area contributed by atoms with Gasteiger partial charge in [-0.05, 0) is 110 Å². The highest BCUT2D eigenvalue weighted by molar-refractivity contribution is 5.40. The van der Waals surface area contributed by atoms with Gasteiger partial charge in [0.05, 0.1) is 6.61 Å². The van der Waals surface area contributed by atoms with Gasteiger partial charge < -0.3 is 4.74 Å². The summed E-state index contributed by atoms with van der Waals surface area (Å²) in [6.07, 6.45) is 8.96. The van der Waals surface area contributed by atoms with Crippen LogP contribution in [-0.4, -0.2) is 6.61 Å². The summed E-state index contributed by atoms with van der Waals surface area (Å²) in [5, 5.41) is 0. The molecule has 1 saturated carbocycles. The van der Waals surface area contributed by atoms with Crippen molar-refractivity contribution in [1.29, 1.82) is 0 Å². The van der Waals surface area contributed by atoms with E-state index in [-0.39, 0.29) is 23.1 Å². The number of halogens is 2. The summed E-state index contributed by atoms with van der Waals surface area (Å²) in [5.41, 5.74) is 3.59. The summed E-state index contributed by atoms with van der Waals surface area (Å²) in [6.45, 7) is 5.04. The van der Waals surface area contributed by atoms with Crippen LogP contribution in [0.25, 0.3) is 0 Å². The van der Waals surface area contributed by atoms with E-state index >= 15 is 8.78 Å². The third-order valence-corrected chi connectivity index (χ3v) is 7.28. The van der Waals surface area contributed by atoms with Crippen molar-refractivity contribution >= 4 is 0 Å². The number of benzene rings is 2. The Bertz CT molecular complexity index is 844. The number of ether oxygens (including phenoxy) is 1. The SMILES string of the molecule is CCCOc1ccc2c(c1)CCC(c1c(F)cc(C3CCC(CC)CC3)cc1F)C2. The Balaban J connectivity index is 1.49. The molecule has 162 valence electrons. The van der Waals surface area contributed by atoms with Crippen LogP contribution in [0.3, 0.4) is 0 Å². The molecule has 1 atom stereocenters. The molecule has 0 heterocycles. The van der Waals surface area contributed by atoms with E-state index in [1.807, 2.05) is 6.07 Å². The van der Waals surface area contributed by atoms with E-state index in [4.69, 9.17) is 4.74 Å². The summed E-state index contributed by atoms with van der Waals surface area (Å²) in [5.74, 6) is 1.20. The molecule has 4 rings (SSSR count). The van der Waals surface area contributed by atoms with Crippen LogP contribution in [0.15, 0.2) is 30.3 Å². The predicted molar refractivity (Wildman–Crippen MR) is 118 cm³/mol. The van der Waals surface area contributed by atoms with Gasteiger partial charge in [-0.1, -0.05) is 26.3 Å². The van der Waals surface area contributed by atoms with Crippen molar-refractivity contribution in [3.63, 3.8) is 0 Å². The molecule has 0 aliphatic heterocycles. The van der Waals surface area contributed by atoms with Crippen LogP contribution >= 0.6 is 0 Å². The maximum atomic E-state index is 15.1. The lowest BCUT2D eigenvalue weighted by Crippen LogP contribution is -2.17. The molecule has 1 nitrogen and oxygen atoms in total. The Hall–Kier alpha value is -1.90. The lowest BCUT2D eigenvalue weighted by atomic mass is 9.76. The summed E-state index contributed by atoms with van der Waals surface area (Å²) in [6, 6.07) is 9.42. The molecule has 2 aromatic rings. The Labute approximate surface area is 179 Å². The first-order chi connectivity index (χ1) is 14.6. The fraction of sp³-hybridized carbons (Fsp3) is 0.556. The maximum absolute atomic E-state index is 15.1. The highest BCUT2D eigenvalue weighted by Crippen LogP contribution is 2.40. The van der Waals surface area contributed by atoms with E-state index in [1.165, 1.54) is 30.4 Å². The van der Waals surface area contributed by atoms with Crippen molar-refractivity contribution in [2.45, 2.75) is 83.5 Å². The molecular formula is C27H34F2O. The third-order valence-electron chi connectivity index (χ3n) is 7.28. The Morgan fingerprint density at radius 2 is 1.60 bits per heavy atom. The van der Waals surface area contributed by atoms with Crippen molar-refractivity contribution in [2.24, 2.45) is 5.92 Å². The zero-order valence-corrected chi connectivity index (χ0v) is 18.4. The van der Waals surface area contributed by atoms with Gasteiger partial charge in [0.1, 0.15) is 17.4 Å². The summed E-state index contributed by atoms with van der Waals surface area (Å²) < 4.78 is 36.0. The van der Waals surface area contributed by atoms with Crippen molar-refractivity contribution in [3.05, 3.63) is 64.2 Å². The molecule has 0 saturated heterocycles. The average molecular weight is 413 g/mol. The largest absolute Gasteiger partial charge is 0.494 e. The minimum atomic E-state index is -0.348. The molecular weight excluding hydrogens is 378 g/mol. The smallest absolute Gasteiger partial charge is 0.129 e. The van der Waals surface area contributed by atoms with Crippen LogP contribution in [0.1, 0.15) is 92.9 Å². The molecule has 0 aromatic heterocycles. The quantitative estimate of drug-likeness (QED) is 0.472. The number of aryl methyl sites for hydroxylation is 1. The van der Waals surface area contributed by atoms with Gasteiger partial charge in [0.25, 0.3) is 0 Å². The van der Waals surface area contributed by atoms with Crippen LogP contribution in [0.2, 0.25) is 0 Å². The highest BCUT2D eigenvalue weighted by atomic mass is 19.1. The van der Waals surface area contributed by atoms with Crippen molar-refractivity contribution in [1.82, 2.24) is 0 Å². The van der Waals surface area contributed by atoms with Gasteiger partial charge in [-0.3, -0.25) is 0 Å². The number of fused-ring (bicyclic) bond motifs is 1. The number of rotatable bonds is 6. The van der Waals surface area contributed by atoms with E-state index in [0.717, 1.165) is 49.3 Å². The van der Waals surface area contributed by atoms with Crippen LogP contribution in [-0.2, 0) is 12.8 Å². The molecule has 2 aliphatic carbocycles. The first-order valence-electron chi connectivity index (χ1n) is 11.8. The van der Waals surface area contributed by atoms with E-state index in [1.54, 1.807) is 12.1 Å². The fourth-order valence-corrected chi connectivity index (χ4v) is 5.42. The van der Waals surface area contributed by atoms with E-state index in [2.05, 4.69) is 26.0 Å². The monoisotopic (exact) mass is 412 g/mol. The van der Waals surface area contributed by atoms with Gasteiger partial charge in [-0.2, -0.15) is 0 Å². The Morgan fingerprint density at radius 3 is 2.27 bits per heavy atom. The minimum Gasteiger partial charge on any atom is -0.494 e. The van der Waals surface area contributed by atoms with Crippen LogP contribution < -0.4 is 4.74 Å². The maximum Gasteiger partial charge on any atom is 0.129 e. The molecule has 0 N–H and O–H groups in total. The van der Waals surface area contributed by atoms with Crippen molar-refractivity contribution < 1.29 is 13.5 Å². The second-order valence-corrected chi connectivity index (χ2v) is 9.24. The lowest BCUT2D eigenvalue weighted by Gasteiger charge is -2.29. The lowest BCUT2D eigenvalue weighted by molar-refractivity contribution is 0.316. The van der Waals surface area contributed by atoms with Gasteiger partial charge in [-0.15, -0.1) is 0 Å². The first-order valence-corrected chi connectivity index (χ1v) is 11.8. The van der Waals surface area contributed by atoms with Crippen molar-refractivity contribution in [2.75, 3.05) is 6.61 Å². The van der Waals surface area contributed by atoms with E-state index in [9.17, 15) is 0 Å². The zero-order valence-electron chi connectivity index (χ0n) is 18.4. The van der Waals surface area contributed by atoms with Crippen LogP contribution in [0, 0.1) is 17.6 Å². The van der Waals surface area contributed by atoms with Gasteiger partial charge in [0, 0.05) is 5.56 Å². The third kappa shape index (κ3) is 4.55. The van der Waals surface area contributed by atoms with Gasteiger partial charge >= 0.3 is 0 Å². The van der Waals surface area contributed by atoms with Gasteiger partial charge in [0.2, 0.25) is 0 Å². The average Bonchev–Trinajstić information content (AvgIpc) is 2.77. The van der Waals surface area contributed by atoms with Crippen molar-refractivity contribution in [3.8, 4) is 5.75 Å². The van der Waals surface area contributed by atoms with Gasteiger partial charge in [-0.25, -0.2) is 8.78 Å². The normalized spacial score (nSPS) is 23.8. The molecule has 0 radical (unpaired) electrons. The molecule has 2 aromatic carbocycles. The van der Waals surface area contributed by atoms with Gasteiger partial charge in [0.15, 0.2) is 0 Å². The molecule has 30 heavy (non-hydrogen) atoms. The second kappa shape index (κ2) is 9.49. The van der Waals surface area contributed by atoms with Crippen LogP contribution in [0.4, 0.5) is 8.78 Å². The molecule has 2 aliphatic rings. The van der Waals surface area contributed by atoms with E-state index in [0.29, 0.717) is 18.9 Å². The second-order valence-electron chi connectivity index (χ2n) is 9.24. The highest BCUT2D eigenvalue weighted by Gasteiger charge is 2.28. The Kier molecular flexibility index (Phi) is 6.75. The molecule has 0 amide bonds. The summed E-state index contributed by atoms with van der Waals surface area (Å²) in [4.78, 5) is 0. The summed E-state index contributed by atoms with van der Waals surface area (Å²) >= 11 is 0. The molecule has 0 bridgehead atoms. The minimum absolute atomic E-state index is 0.0928. The number of hydrogen-bond donors (Lipinski definition) is 0. The predicted octanol–water partition coefficient (Wildman–Crippen LogP) is 7.71. The van der Waals surface area contributed by atoms with E-state index < -0.39 is 0 Å². The molecule has 0 spiro atoms.